The number of nitrogens with zero attached hydrogens (tertiary/aromatic N) is 1. The topological polar surface area (TPSA) is 118 Å². The van der Waals surface area contributed by atoms with Crippen LogP contribution in [0.25, 0.3) is 0 Å². The van der Waals surface area contributed by atoms with Gasteiger partial charge in [-0.3, -0.25) is 9.59 Å². The summed E-state index contributed by atoms with van der Waals surface area (Å²) < 4.78 is 21.6. The van der Waals surface area contributed by atoms with Crippen molar-refractivity contribution in [2.24, 2.45) is 11.1 Å². The molecule has 8 heteroatoms. The van der Waals surface area contributed by atoms with Crippen LogP contribution in [-0.2, 0) is 19.6 Å². The Kier molecular flexibility index (Phi) is 3.87. The first-order valence-corrected chi connectivity index (χ1v) is 6.49. The van der Waals surface area contributed by atoms with Crippen molar-refractivity contribution >= 4 is 21.9 Å². The number of carbonyl (C=O) groups excluding carboxylic acids is 1. The van der Waals surface area contributed by atoms with Gasteiger partial charge in [-0.2, -0.15) is 0 Å². The third kappa shape index (κ3) is 4.15. The molecule has 1 saturated heterocycles. The van der Waals surface area contributed by atoms with Crippen LogP contribution in [0.5, 0.6) is 0 Å². The molecule has 1 amide bonds. The molecule has 0 radical (unpaired) electrons. The Morgan fingerprint density at radius 2 is 2.19 bits per heavy atom. The van der Waals surface area contributed by atoms with E-state index in [0.717, 1.165) is 0 Å². The molecule has 92 valence electrons. The molecule has 0 saturated carbocycles. The van der Waals surface area contributed by atoms with E-state index in [2.05, 4.69) is 0 Å². The number of hydrogen-bond acceptors (Lipinski definition) is 4. The fraction of sp³-hybridized carbons (Fsp3) is 0.750. The van der Waals surface area contributed by atoms with E-state index < -0.39 is 16.0 Å². The molecule has 7 nitrogen and oxygen atoms in total. The maximum Gasteiger partial charge on any atom is 0.305 e. The largest absolute Gasteiger partial charge is 0.481 e. The Labute approximate surface area is 93.3 Å². The molecule has 1 fully saturated rings. The highest BCUT2D eigenvalue weighted by molar-refractivity contribution is 7.89. The number of hydrogen-bond donors (Lipinski definition) is 2. The molecule has 1 unspecified atom stereocenters. The lowest BCUT2D eigenvalue weighted by atomic mass is 10.1. The quantitative estimate of drug-likeness (QED) is 0.622. The summed E-state index contributed by atoms with van der Waals surface area (Å²) in [6.07, 6.45) is -0.0100. The average Bonchev–Trinajstić information content (AvgIpc) is 2.39. The second-order valence-corrected chi connectivity index (χ2v) is 5.54. The number of carboxylic acid groups (broad SMARTS) is 1. The highest BCUT2D eigenvalue weighted by Gasteiger charge is 2.31. The van der Waals surface area contributed by atoms with Crippen molar-refractivity contribution in [3.05, 3.63) is 0 Å². The van der Waals surface area contributed by atoms with Gasteiger partial charge in [0, 0.05) is 25.4 Å². The van der Waals surface area contributed by atoms with Crippen molar-refractivity contribution in [3.63, 3.8) is 0 Å². The van der Waals surface area contributed by atoms with Crippen molar-refractivity contribution in [2.75, 3.05) is 18.8 Å². The Hall–Kier alpha value is -1.15. The third-order valence-corrected chi connectivity index (χ3v) is 3.29. The number of nitrogens with two attached hydrogens (primary N) is 1. The molecule has 0 aromatic carbocycles. The van der Waals surface area contributed by atoms with E-state index in [9.17, 15) is 18.0 Å². The van der Waals surface area contributed by atoms with Crippen LogP contribution in [-0.4, -0.2) is 49.1 Å². The highest BCUT2D eigenvalue weighted by atomic mass is 32.2. The standard InChI is InChI=1S/C8H14N2O5S/c9-16(14,15)5-6-3-7(11)10(4-6)2-1-8(12)13/h6H,1-5H2,(H,12,13)(H2,9,14,15). The van der Waals surface area contributed by atoms with Gasteiger partial charge in [0.1, 0.15) is 0 Å². The molecule has 3 N–H and O–H groups in total. The third-order valence-electron chi connectivity index (χ3n) is 2.36. The molecule has 16 heavy (non-hydrogen) atoms. The summed E-state index contributed by atoms with van der Waals surface area (Å²) in [5, 5.41) is 13.3. The minimum atomic E-state index is -3.58. The zero-order valence-corrected chi connectivity index (χ0v) is 9.44. The molecule has 1 heterocycles. The molecular formula is C8H14N2O5S. The van der Waals surface area contributed by atoms with Crippen LogP contribution in [0, 0.1) is 5.92 Å². The molecule has 0 aromatic heterocycles. The second-order valence-electron chi connectivity index (χ2n) is 3.88. The summed E-state index contributed by atoms with van der Waals surface area (Å²) in [5.41, 5.74) is 0. The number of likely N-dealkylation sites (tertiary alicyclic amines) is 1. The van der Waals surface area contributed by atoms with Crippen LogP contribution in [0.4, 0.5) is 0 Å². The highest BCUT2D eigenvalue weighted by Crippen LogP contribution is 2.18. The Morgan fingerprint density at radius 3 is 2.69 bits per heavy atom. The van der Waals surface area contributed by atoms with Crippen LogP contribution < -0.4 is 5.14 Å². The SMILES string of the molecule is NS(=O)(=O)CC1CC(=O)N(CCC(=O)O)C1. The molecule has 0 aromatic rings. The smallest absolute Gasteiger partial charge is 0.305 e. The minimum absolute atomic E-state index is 0.120. The summed E-state index contributed by atoms with van der Waals surface area (Å²) >= 11 is 0. The minimum Gasteiger partial charge on any atom is -0.481 e. The van der Waals surface area contributed by atoms with Gasteiger partial charge in [0.05, 0.1) is 12.2 Å². The van der Waals surface area contributed by atoms with Crippen LogP contribution in [0.2, 0.25) is 0 Å². The zero-order chi connectivity index (χ0) is 12.3. The molecule has 1 rings (SSSR count). The Morgan fingerprint density at radius 1 is 1.56 bits per heavy atom. The second kappa shape index (κ2) is 4.79. The maximum absolute atomic E-state index is 11.4. The predicted molar refractivity (Wildman–Crippen MR) is 54.9 cm³/mol. The van der Waals surface area contributed by atoms with Gasteiger partial charge >= 0.3 is 5.97 Å². The summed E-state index contributed by atoms with van der Waals surface area (Å²) in [4.78, 5) is 23.1. The predicted octanol–water partition coefficient (Wildman–Crippen LogP) is -1.40. The van der Waals surface area contributed by atoms with Gasteiger partial charge < -0.3 is 10.0 Å². The normalized spacial score (nSPS) is 21.4. The molecule has 1 atom stereocenters. The summed E-state index contributed by atoms with van der Waals surface area (Å²) in [7, 11) is -3.58. The van der Waals surface area contributed by atoms with Crippen molar-refractivity contribution in [1.29, 1.82) is 0 Å². The van der Waals surface area contributed by atoms with Gasteiger partial charge in [-0.05, 0) is 0 Å². The Bertz CT molecular complexity index is 391. The lowest BCUT2D eigenvalue weighted by Gasteiger charge is -2.14. The lowest BCUT2D eigenvalue weighted by molar-refractivity contribution is -0.137. The molecule has 1 aliphatic rings. The van der Waals surface area contributed by atoms with Crippen molar-refractivity contribution < 1.29 is 23.1 Å². The van der Waals surface area contributed by atoms with E-state index in [0.29, 0.717) is 0 Å². The van der Waals surface area contributed by atoms with Gasteiger partial charge in [0.25, 0.3) is 0 Å². The van der Waals surface area contributed by atoms with E-state index in [4.69, 9.17) is 10.2 Å². The van der Waals surface area contributed by atoms with Crippen molar-refractivity contribution in [3.8, 4) is 0 Å². The van der Waals surface area contributed by atoms with E-state index in [1.807, 2.05) is 0 Å². The zero-order valence-electron chi connectivity index (χ0n) is 8.63. The van der Waals surface area contributed by atoms with E-state index >= 15 is 0 Å². The monoisotopic (exact) mass is 250 g/mol. The molecule has 0 bridgehead atoms. The molecular weight excluding hydrogens is 236 g/mol. The van der Waals surface area contributed by atoms with Gasteiger partial charge in [-0.25, -0.2) is 13.6 Å². The first-order chi connectivity index (χ1) is 7.28. The summed E-state index contributed by atoms with van der Waals surface area (Å²) in [6.45, 7) is 0.387. The van der Waals surface area contributed by atoms with Crippen LogP contribution in [0.1, 0.15) is 12.8 Å². The van der Waals surface area contributed by atoms with Gasteiger partial charge in [-0.1, -0.05) is 0 Å². The number of aliphatic carboxylic acids is 1. The number of primary sulfonamides is 1. The van der Waals surface area contributed by atoms with Gasteiger partial charge in [-0.15, -0.1) is 0 Å². The van der Waals surface area contributed by atoms with E-state index in [-0.39, 0.29) is 43.5 Å². The van der Waals surface area contributed by atoms with Gasteiger partial charge in [0.2, 0.25) is 15.9 Å². The molecule has 0 aliphatic carbocycles. The van der Waals surface area contributed by atoms with Crippen LogP contribution in [0.3, 0.4) is 0 Å². The first kappa shape index (κ1) is 12.9. The average molecular weight is 250 g/mol. The van der Waals surface area contributed by atoms with Gasteiger partial charge in [0.15, 0.2) is 0 Å². The number of carboxylic acids is 1. The fourth-order valence-corrected chi connectivity index (χ4v) is 2.62. The first-order valence-electron chi connectivity index (χ1n) is 4.78. The van der Waals surface area contributed by atoms with E-state index in [1.54, 1.807) is 0 Å². The van der Waals surface area contributed by atoms with Crippen LogP contribution in [0.15, 0.2) is 0 Å². The summed E-state index contributed by atoms with van der Waals surface area (Å²) in [6, 6.07) is 0. The van der Waals surface area contributed by atoms with Crippen LogP contribution >= 0.6 is 0 Å². The number of amides is 1. The Balaban J connectivity index is 2.47. The van der Waals surface area contributed by atoms with Crippen molar-refractivity contribution in [1.82, 2.24) is 4.90 Å². The molecule has 0 spiro atoms. The number of sulfonamides is 1. The molecule has 1 aliphatic heterocycles. The summed E-state index contributed by atoms with van der Waals surface area (Å²) in [5.74, 6) is -1.75. The van der Waals surface area contributed by atoms with Crippen molar-refractivity contribution in [2.45, 2.75) is 12.8 Å². The number of carbonyl (C=O) groups is 2. The van der Waals surface area contributed by atoms with E-state index in [1.165, 1.54) is 4.90 Å². The number of rotatable bonds is 5. The fourth-order valence-electron chi connectivity index (χ4n) is 1.74. The maximum atomic E-state index is 11.4. The lowest BCUT2D eigenvalue weighted by Crippen LogP contribution is -2.29.